The Morgan fingerprint density at radius 3 is 2.67 bits per heavy atom. The molecule has 3 nitrogen and oxygen atoms in total. The fourth-order valence-electron chi connectivity index (χ4n) is 7.84. The number of piperidine rings is 1. The molecule has 4 aliphatic carbocycles. The summed E-state index contributed by atoms with van der Waals surface area (Å²) in [6.07, 6.45) is 8.19. The minimum absolute atomic E-state index is 0.144. The van der Waals surface area contributed by atoms with E-state index in [9.17, 15) is 4.79 Å². The van der Waals surface area contributed by atoms with Crippen LogP contribution in [-0.4, -0.2) is 25.0 Å². The minimum Gasteiger partial charge on any atom is -0.353 e. The molecular formula is C24H34N2O. The Hall–Kier alpha value is -1.35. The van der Waals surface area contributed by atoms with Crippen LogP contribution in [0.1, 0.15) is 64.4 Å². The Morgan fingerprint density at radius 1 is 1.11 bits per heavy atom. The van der Waals surface area contributed by atoms with Crippen LogP contribution in [0.2, 0.25) is 0 Å². The number of carbonyl (C=O) groups is 1. The number of hydrogen-bond acceptors (Lipinski definition) is 2. The van der Waals surface area contributed by atoms with Crippen LogP contribution in [0.25, 0.3) is 0 Å². The number of nitrogens with one attached hydrogen (secondary N) is 2. The summed E-state index contributed by atoms with van der Waals surface area (Å²) >= 11 is 0. The summed E-state index contributed by atoms with van der Waals surface area (Å²) in [5.74, 6) is 1.61. The first-order chi connectivity index (χ1) is 12.9. The zero-order valence-electron chi connectivity index (χ0n) is 16.9. The topological polar surface area (TPSA) is 41.1 Å². The molecule has 1 aromatic carbocycles. The highest BCUT2D eigenvalue weighted by atomic mass is 16.2. The fraction of sp³-hybridized carbons (Fsp3) is 0.708. The number of amides is 1. The Bertz CT molecular complexity index is 733. The standard InChI is InChI=1S/C24H34N2O/c1-17-13-25-9-8-20(17)26-21(27)24-12-18-10-22(2,15-24)14-23(11-18,16-24)19-6-4-3-5-7-19/h3-7,17-18,20,25H,8-16H2,1-2H3,(H,26,27)/t17?,18?,20?,22-,23-,24?/m1/s1. The molecule has 0 aromatic heterocycles. The summed E-state index contributed by atoms with van der Waals surface area (Å²) in [4.78, 5) is 13.7. The van der Waals surface area contributed by atoms with Crippen molar-refractivity contribution in [3.8, 4) is 0 Å². The summed E-state index contributed by atoms with van der Waals surface area (Å²) in [5.41, 5.74) is 1.88. The van der Waals surface area contributed by atoms with Crippen molar-refractivity contribution in [3.63, 3.8) is 0 Å². The van der Waals surface area contributed by atoms with E-state index >= 15 is 0 Å². The SMILES string of the molecule is CC1CNCCC1NC(=O)C12CC3C[C@@](C)(C1)C[C@](c1ccccc1)(C3)C2. The molecule has 27 heavy (non-hydrogen) atoms. The largest absolute Gasteiger partial charge is 0.353 e. The lowest BCUT2D eigenvalue weighted by molar-refractivity contribution is -0.161. The quantitative estimate of drug-likeness (QED) is 0.848. The van der Waals surface area contributed by atoms with Gasteiger partial charge in [-0.2, -0.15) is 0 Å². The summed E-state index contributed by atoms with van der Waals surface area (Å²) < 4.78 is 0. The third-order valence-corrected chi connectivity index (χ3v) is 8.32. The zero-order valence-corrected chi connectivity index (χ0v) is 16.9. The van der Waals surface area contributed by atoms with Gasteiger partial charge in [-0.15, -0.1) is 0 Å². The van der Waals surface area contributed by atoms with Crippen molar-refractivity contribution in [3.05, 3.63) is 35.9 Å². The Balaban J connectivity index is 1.46. The normalized spacial score (nSPS) is 45.6. The van der Waals surface area contributed by atoms with E-state index in [4.69, 9.17) is 0 Å². The van der Waals surface area contributed by atoms with Gasteiger partial charge in [-0.05, 0) is 86.3 Å². The molecule has 1 saturated heterocycles. The maximum absolute atomic E-state index is 13.7. The van der Waals surface area contributed by atoms with Crippen molar-refractivity contribution < 1.29 is 4.79 Å². The van der Waals surface area contributed by atoms with Crippen molar-refractivity contribution in [1.29, 1.82) is 0 Å². The van der Waals surface area contributed by atoms with Crippen LogP contribution in [0.4, 0.5) is 0 Å². The van der Waals surface area contributed by atoms with Crippen LogP contribution in [-0.2, 0) is 10.2 Å². The van der Waals surface area contributed by atoms with E-state index in [1.807, 2.05) is 0 Å². The lowest BCUT2D eigenvalue weighted by atomic mass is 9.38. The van der Waals surface area contributed by atoms with E-state index < -0.39 is 0 Å². The summed E-state index contributed by atoms with van der Waals surface area (Å²) in [7, 11) is 0. The number of benzene rings is 1. The third-order valence-electron chi connectivity index (χ3n) is 8.32. The van der Waals surface area contributed by atoms with Gasteiger partial charge in [0.15, 0.2) is 0 Å². The van der Waals surface area contributed by atoms with Gasteiger partial charge in [0.1, 0.15) is 0 Å². The first kappa shape index (κ1) is 17.7. The minimum atomic E-state index is -0.144. The van der Waals surface area contributed by atoms with Crippen LogP contribution < -0.4 is 10.6 Å². The van der Waals surface area contributed by atoms with Crippen LogP contribution >= 0.6 is 0 Å². The number of carbonyl (C=O) groups excluding carboxylic acids is 1. The molecule has 0 radical (unpaired) electrons. The molecule has 3 heteroatoms. The van der Waals surface area contributed by atoms with Crippen molar-refractivity contribution in [2.45, 2.75) is 70.3 Å². The first-order valence-corrected chi connectivity index (χ1v) is 11.0. The molecule has 1 heterocycles. The van der Waals surface area contributed by atoms with Gasteiger partial charge >= 0.3 is 0 Å². The van der Waals surface area contributed by atoms with Gasteiger partial charge in [-0.3, -0.25) is 4.79 Å². The van der Waals surface area contributed by atoms with Crippen LogP contribution in [0.5, 0.6) is 0 Å². The molecule has 5 fully saturated rings. The highest BCUT2D eigenvalue weighted by molar-refractivity contribution is 5.84. The number of rotatable bonds is 3. The predicted molar refractivity (Wildman–Crippen MR) is 108 cm³/mol. The Morgan fingerprint density at radius 2 is 1.93 bits per heavy atom. The molecule has 6 rings (SSSR count). The second-order valence-corrected chi connectivity index (χ2v) is 10.8. The van der Waals surface area contributed by atoms with Gasteiger partial charge in [0.25, 0.3) is 0 Å². The smallest absolute Gasteiger partial charge is 0.226 e. The molecule has 146 valence electrons. The summed E-state index contributed by atoms with van der Waals surface area (Å²) in [6.45, 7) is 6.77. The average molecular weight is 367 g/mol. The van der Waals surface area contributed by atoms with E-state index in [-0.39, 0.29) is 10.8 Å². The van der Waals surface area contributed by atoms with Gasteiger partial charge < -0.3 is 10.6 Å². The molecule has 4 saturated carbocycles. The van der Waals surface area contributed by atoms with Gasteiger partial charge in [0.2, 0.25) is 5.91 Å². The van der Waals surface area contributed by atoms with E-state index in [0.717, 1.165) is 38.8 Å². The Kier molecular flexibility index (Phi) is 3.99. The lowest BCUT2D eigenvalue weighted by Crippen LogP contribution is -2.63. The third kappa shape index (κ3) is 2.85. The van der Waals surface area contributed by atoms with Crippen LogP contribution in [0.15, 0.2) is 30.3 Å². The monoisotopic (exact) mass is 366 g/mol. The molecule has 4 bridgehead atoms. The molecule has 2 N–H and O–H groups in total. The second kappa shape index (κ2) is 6.07. The van der Waals surface area contributed by atoms with Gasteiger partial charge in [0, 0.05) is 6.04 Å². The van der Waals surface area contributed by atoms with Crippen molar-refractivity contribution in [2.75, 3.05) is 13.1 Å². The summed E-state index contributed by atoms with van der Waals surface area (Å²) in [6, 6.07) is 11.5. The Labute approximate surface area is 163 Å². The van der Waals surface area contributed by atoms with E-state index in [1.165, 1.54) is 24.8 Å². The molecular weight excluding hydrogens is 332 g/mol. The predicted octanol–water partition coefficient (Wildman–Crippen LogP) is 4.03. The maximum atomic E-state index is 13.7. The van der Waals surface area contributed by atoms with Crippen molar-refractivity contribution in [2.24, 2.45) is 22.7 Å². The first-order valence-electron chi connectivity index (χ1n) is 11.0. The molecule has 1 amide bonds. The van der Waals surface area contributed by atoms with E-state index in [2.05, 4.69) is 54.8 Å². The van der Waals surface area contributed by atoms with E-state index in [1.54, 1.807) is 0 Å². The highest BCUT2D eigenvalue weighted by Crippen LogP contribution is 2.70. The van der Waals surface area contributed by atoms with Crippen molar-refractivity contribution >= 4 is 5.91 Å². The van der Waals surface area contributed by atoms with Gasteiger partial charge in [-0.1, -0.05) is 44.2 Å². The summed E-state index contributed by atoms with van der Waals surface area (Å²) in [5, 5.41) is 6.99. The second-order valence-electron chi connectivity index (χ2n) is 10.8. The van der Waals surface area contributed by atoms with Gasteiger partial charge in [-0.25, -0.2) is 0 Å². The average Bonchev–Trinajstić information content (AvgIpc) is 2.62. The maximum Gasteiger partial charge on any atom is 0.226 e. The highest BCUT2D eigenvalue weighted by Gasteiger charge is 2.64. The van der Waals surface area contributed by atoms with Crippen LogP contribution in [0, 0.1) is 22.7 Å². The molecule has 1 aliphatic heterocycles. The zero-order chi connectivity index (χ0) is 18.7. The molecule has 6 atom stereocenters. The van der Waals surface area contributed by atoms with E-state index in [0.29, 0.717) is 29.2 Å². The van der Waals surface area contributed by atoms with Gasteiger partial charge in [0.05, 0.1) is 5.41 Å². The fourth-order valence-corrected chi connectivity index (χ4v) is 7.84. The lowest BCUT2D eigenvalue weighted by Gasteiger charge is -2.65. The molecule has 4 unspecified atom stereocenters. The molecule has 1 aromatic rings. The number of hydrogen-bond donors (Lipinski definition) is 2. The molecule has 5 aliphatic rings. The van der Waals surface area contributed by atoms with Crippen molar-refractivity contribution in [1.82, 2.24) is 10.6 Å². The van der Waals surface area contributed by atoms with Crippen LogP contribution in [0.3, 0.4) is 0 Å². The molecule has 0 spiro atoms.